The van der Waals surface area contributed by atoms with Crippen molar-refractivity contribution in [2.45, 2.75) is 32.6 Å². The predicted octanol–water partition coefficient (Wildman–Crippen LogP) is 4.55. The first-order chi connectivity index (χ1) is 7.33. The minimum atomic E-state index is -0.282. The van der Waals surface area contributed by atoms with Crippen molar-refractivity contribution in [2.75, 3.05) is 7.11 Å². The molecule has 0 aliphatic rings. The molecule has 0 spiro atoms. The molecule has 1 unspecified atom stereocenters. The third-order valence-corrected chi connectivity index (χ3v) is 2.71. The number of ether oxygens (including phenoxy) is 1. The Kier molecular flexibility index (Phi) is 4.20. The standard InChI is InChI=1S/C13H18ClFO/c1-13(2,3)8-11(14)10-7-9(15)5-6-12(10)16-4/h5-7,11H,8H2,1-4H3. The molecule has 1 atom stereocenters. The van der Waals surface area contributed by atoms with E-state index in [1.807, 2.05) is 0 Å². The lowest BCUT2D eigenvalue weighted by Crippen LogP contribution is -2.09. The Balaban J connectivity index is 2.97. The first-order valence-electron chi connectivity index (χ1n) is 5.31. The lowest BCUT2D eigenvalue weighted by Gasteiger charge is -2.23. The van der Waals surface area contributed by atoms with Crippen LogP contribution < -0.4 is 4.74 Å². The van der Waals surface area contributed by atoms with Crippen LogP contribution in [0.1, 0.15) is 38.1 Å². The smallest absolute Gasteiger partial charge is 0.123 e. The summed E-state index contributed by atoms with van der Waals surface area (Å²) in [7, 11) is 1.57. The molecular weight excluding hydrogens is 227 g/mol. The Morgan fingerprint density at radius 2 is 2.00 bits per heavy atom. The number of halogens is 2. The van der Waals surface area contributed by atoms with Crippen molar-refractivity contribution in [3.63, 3.8) is 0 Å². The number of alkyl halides is 1. The van der Waals surface area contributed by atoms with Gasteiger partial charge in [-0.05, 0) is 30.0 Å². The van der Waals surface area contributed by atoms with Gasteiger partial charge >= 0.3 is 0 Å². The summed E-state index contributed by atoms with van der Waals surface area (Å²) >= 11 is 6.30. The average Bonchev–Trinajstić information content (AvgIpc) is 2.15. The Hall–Kier alpha value is -0.760. The molecule has 0 aliphatic heterocycles. The molecule has 0 saturated heterocycles. The maximum atomic E-state index is 13.2. The maximum Gasteiger partial charge on any atom is 0.123 e. The fourth-order valence-corrected chi connectivity index (χ4v) is 2.23. The van der Waals surface area contributed by atoms with E-state index in [1.165, 1.54) is 12.1 Å². The van der Waals surface area contributed by atoms with Crippen LogP contribution in [0.4, 0.5) is 4.39 Å². The van der Waals surface area contributed by atoms with E-state index in [1.54, 1.807) is 13.2 Å². The van der Waals surface area contributed by atoms with Gasteiger partial charge in [0.1, 0.15) is 11.6 Å². The zero-order valence-corrected chi connectivity index (χ0v) is 10.9. The van der Waals surface area contributed by atoms with Gasteiger partial charge in [0.15, 0.2) is 0 Å². The number of methoxy groups -OCH3 is 1. The Morgan fingerprint density at radius 3 is 2.50 bits per heavy atom. The van der Waals surface area contributed by atoms with Gasteiger partial charge in [-0.1, -0.05) is 20.8 Å². The van der Waals surface area contributed by atoms with Crippen LogP contribution in [0, 0.1) is 11.2 Å². The molecule has 1 rings (SSSR count). The van der Waals surface area contributed by atoms with Crippen LogP contribution in [0.2, 0.25) is 0 Å². The summed E-state index contributed by atoms with van der Waals surface area (Å²) in [5.41, 5.74) is 0.822. The van der Waals surface area contributed by atoms with Crippen LogP contribution in [0.5, 0.6) is 5.75 Å². The van der Waals surface area contributed by atoms with E-state index in [9.17, 15) is 4.39 Å². The van der Waals surface area contributed by atoms with Gasteiger partial charge < -0.3 is 4.74 Å². The highest BCUT2D eigenvalue weighted by Crippen LogP contribution is 2.38. The molecule has 16 heavy (non-hydrogen) atoms. The number of hydrogen-bond donors (Lipinski definition) is 0. The molecule has 0 aromatic heterocycles. The molecule has 0 saturated carbocycles. The predicted molar refractivity (Wildman–Crippen MR) is 65.6 cm³/mol. The maximum absolute atomic E-state index is 13.2. The van der Waals surface area contributed by atoms with Gasteiger partial charge in [0.05, 0.1) is 12.5 Å². The quantitative estimate of drug-likeness (QED) is 0.709. The molecule has 0 radical (unpaired) electrons. The minimum Gasteiger partial charge on any atom is -0.496 e. The van der Waals surface area contributed by atoms with Crippen molar-refractivity contribution in [2.24, 2.45) is 5.41 Å². The van der Waals surface area contributed by atoms with E-state index >= 15 is 0 Å². The minimum absolute atomic E-state index is 0.101. The van der Waals surface area contributed by atoms with Crippen LogP contribution in [-0.2, 0) is 0 Å². The molecule has 90 valence electrons. The summed E-state index contributed by atoms with van der Waals surface area (Å²) in [6.45, 7) is 6.32. The highest BCUT2D eigenvalue weighted by molar-refractivity contribution is 6.21. The zero-order valence-electron chi connectivity index (χ0n) is 10.2. The van der Waals surface area contributed by atoms with Gasteiger partial charge in [0, 0.05) is 5.56 Å². The molecular formula is C13H18ClFO. The Morgan fingerprint density at radius 1 is 1.38 bits per heavy atom. The molecule has 0 aliphatic carbocycles. The monoisotopic (exact) mass is 244 g/mol. The summed E-state index contributed by atoms with van der Waals surface area (Å²) < 4.78 is 18.3. The molecule has 1 aromatic rings. The van der Waals surface area contributed by atoms with E-state index in [0.717, 1.165) is 12.0 Å². The second kappa shape index (κ2) is 5.05. The lowest BCUT2D eigenvalue weighted by atomic mass is 9.88. The zero-order chi connectivity index (χ0) is 12.3. The van der Waals surface area contributed by atoms with Crippen LogP contribution >= 0.6 is 11.6 Å². The fourth-order valence-electron chi connectivity index (χ4n) is 1.60. The second-order valence-corrected chi connectivity index (χ2v) is 5.65. The van der Waals surface area contributed by atoms with E-state index in [0.29, 0.717) is 5.75 Å². The van der Waals surface area contributed by atoms with Crippen LogP contribution in [0.25, 0.3) is 0 Å². The largest absolute Gasteiger partial charge is 0.496 e. The number of benzene rings is 1. The van der Waals surface area contributed by atoms with Gasteiger partial charge in [-0.2, -0.15) is 0 Å². The van der Waals surface area contributed by atoms with Gasteiger partial charge in [-0.15, -0.1) is 11.6 Å². The average molecular weight is 245 g/mol. The molecule has 0 fully saturated rings. The van der Waals surface area contributed by atoms with Crippen molar-refractivity contribution < 1.29 is 9.13 Å². The molecule has 0 heterocycles. The van der Waals surface area contributed by atoms with Crippen molar-refractivity contribution in [1.82, 2.24) is 0 Å². The highest BCUT2D eigenvalue weighted by atomic mass is 35.5. The summed E-state index contributed by atoms with van der Waals surface area (Å²) in [4.78, 5) is 0. The molecule has 0 N–H and O–H groups in total. The van der Waals surface area contributed by atoms with Crippen molar-refractivity contribution in [1.29, 1.82) is 0 Å². The van der Waals surface area contributed by atoms with Crippen molar-refractivity contribution in [3.8, 4) is 5.75 Å². The van der Waals surface area contributed by atoms with Crippen molar-refractivity contribution in [3.05, 3.63) is 29.6 Å². The first-order valence-corrected chi connectivity index (χ1v) is 5.74. The van der Waals surface area contributed by atoms with Gasteiger partial charge in [0.25, 0.3) is 0 Å². The van der Waals surface area contributed by atoms with Gasteiger partial charge in [-0.3, -0.25) is 0 Å². The number of hydrogen-bond acceptors (Lipinski definition) is 1. The SMILES string of the molecule is COc1ccc(F)cc1C(Cl)CC(C)(C)C. The Labute approximate surface area is 102 Å². The van der Waals surface area contributed by atoms with E-state index in [-0.39, 0.29) is 16.6 Å². The summed E-state index contributed by atoms with van der Waals surface area (Å²) in [5, 5.41) is -0.231. The lowest BCUT2D eigenvalue weighted by molar-refractivity contribution is 0.362. The topological polar surface area (TPSA) is 9.23 Å². The molecule has 3 heteroatoms. The summed E-state index contributed by atoms with van der Waals surface area (Å²) in [5.74, 6) is 0.362. The van der Waals surface area contributed by atoms with E-state index < -0.39 is 0 Å². The van der Waals surface area contributed by atoms with E-state index in [2.05, 4.69) is 20.8 Å². The molecule has 1 aromatic carbocycles. The highest BCUT2D eigenvalue weighted by Gasteiger charge is 2.21. The van der Waals surface area contributed by atoms with Crippen LogP contribution in [0.15, 0.2) is 18.2 Å². The van der Waals surface area contributed by atoms with Crippen molar-refractivity contribution >= 4 is 11.6 Å². The normalized spacial score (nSPS) is 13.6. The number of rotatable bonds is 3. The van der Waals surface area contributed by atoms with Gasteiger partial charge in [0.2, 0.25) is 0 Å². The third kappa shape index (κ3) is 3.67. The molecule has 1 nitrogen and oxygen atoms in total. The van der Waals surface area contributed by atoms with Crippen LogP contribution in [-0.4, -0.2) is 7.11 Å². The second-order valence-electron chi connectivity index (χ2n) is 5.12. The Bertz CT molecular complexity index is 357. The fraction of sp³-hybridized carbons (Fsp3) is 0.538. The first kappa shape index (κ1) is 13.3. The molecule has 0 amide bonds. The third-order valence-electron chi connectivity index (χ3n) is 2.32. The van der Waals surface area contributed by atoms with Gasteiger partial charge in [-0.25, -0.2) is 4.39 Å². The summed E-state index contributed by atoms with van der Waals surface area (Å²) in [6, 6.07) is 4.44. The molecule has 0 bridgehead atoms. The van der Waals surface area contributed by atoms with E-state index in [4.69, 9.17) is 16.3 Å². The van der Waals surface area contributed by atoms with Crippen LogP contribution in [0.3, 0.4) is 0 Å². The summed E-state index contributed by atoms with van der Waals surface area (Å²) in [6.07, 6.45) is 0.772.